The van der Waals surface area contributed by atoms with Gasteiger partial charge in [0.1, 0.15) is 5.69 Å². The summed E-state index contributed by atoms with van der Waals surface area (Å²) >= 11 is 0. The van der Waals surface area contributed by atoms with E-state index in [9.17, 15) is 27.6 Å². The van der Waals surface area contributed by atoms with Crippen LogP contribution in [0.4, 0.5) is 35.2 Å². The van der Waals surface area contributed by atoms with E-state index in [4.69, 9.17) is 0 Å². The number of anilines is 3. The van der Waals surface area contributed by atoms with Crippen molar-refractivity contribution in [3.8, 4) is 11.8 Å². The normalized spacial score (nSPS) is 15.3. The zero-order valence-electron chi connectivity index (χ0n) is 27.8. The van der Waals surface area contributed by atoms with Crippen LogP contribution in [0.2, 0.25) is 0 Å². The van der Waals surface area contributed by atoms with Gasteiger partial charge in [0.25, 0.3) is 5.91 Å². The Kier molecular flexibility index (Phi) is 9.26. The van der Waals surface area contributed by atoms with E-state index < -0.39 is 23.7 Å². The van der Waals surface area contributed by atoms with E-state index in [0.717, 1.165) is 11.6 Å². The van der Waals surface area contributed by atoms with Crippen LogP contribution >= 0.6 is 0 Å². The van der Waals surface area contributed by atoms with Gasteiger partial charge >= 0.3 is 12.2 Å². The van der Waals surface area contributed by atoms with Gasteiger partial charge in [0, 0.05) is 74.4 Å². The maximum atomic E-state index is 14.4. The molecule has 264 valence electrons. The van der Waals surface area contributed by atoms with Gasteiger partial charge in [-0.15, -0.1) is 5.10 Å². The van der Waals surface area contributed by atoms with Crippen LogP contribution in [0, 0.1) is 18.8 Å². The van der Waals surface area contributed by atoms with Crippen LogP contribution in [0.25, 0.3) is 5.65 Å². The fourth-order valence-corrected chi connectivity index (χ4v) is 6.00. The molecule has 0 aliphatic carbocycles. The minimum Gasteiger partial charge on any atom is -0.368 e. The third-order valence-electron chi connectivity index (χ3n) is 8.80. The molecule has 7 rings (SSSR count). The Morgan fingerprint density at radius 2 is 1.79 bits per heavy atom. The van der Waals surface area contributed by atoms with Crippen LogP contribution in [0.1, 0.15) is 44.9 Å². The van der Waals surface area contributed by atoms with Crippen molar-refractivity contribution in [2.75, 3.05) is 47.8 Å². The molecule has 0 bridgehead atoms. The highest BCUT2D eigenvalue weighted by molar-refractivity contribution is 6.05. The minimum atomic E-state index is -4.66. The molecule has 2 fully saturated rings. The van der Waals surface area contributed by atoms with Crippen molar-refractivity contribution in [3.63, 3.8) is 0 Å². The lowest BCUT2D eigenvalue weighted by Gasteiger charge is -2.37. The SMILES string of the molecule is Cc1ccc(C(=O)Nc2ccc(N3CCN(Cc4ccc(N5CCC(=O)NC5=O)nn4)CC3)c(C(F)(F)F)c2)cc1C#Cc1cnc2cccnn12. The first-order valence-electron chi connectivity index (χ1n) is 16.4. The summed E-state index contributed by atoms with van der Waals surface area (Å²) in [6.45, 7) is 4.10. The van der Waals surface area contributed by atoms with Gasteiger partial charge in [-0.2, -0.15) is 23.4 Å². The molecule has 2 aromatic carbocycles. The summed E-state index contributed by atoms with van der Waals surface area (Å²) in [6.07, 6.45) is -1.27. The number of piperazine rings is 1. The number of carbonyl (C=O) groups is 3. The highest BCUT2D eigenvalue weighted by atomic mass is 19.4. The van der Waals surface area contributed by atoms with Crippen LogP contribution in [0.15, 0.2) is 73.1 Å². The summed E-state index contributed by atoms with van der Waals surface area (Å²) in [4.78, 5) is 46.1. The Balaban J connectivity index is 0.997. The van der Waals surface area contributed by atoms with Crippen molar-refractivity contribution in [2.45, 2.75) is 26.1 Å². The molecule has 0 unspecified atom stereocenters. The largest absolute Gasteiger partial charge is 0.418 e. The van der Waals surface area contributed by atoms with E-state index in [1.165, 1.54) is 17.0 Å². The van der Waals surface area contributed by atoms with Crippen LogP contribution < -0.4 is 20.4 Å². The maximum Gasteiger partial charge on any atom is 0.418 e. The second kappa shape index (κ2) is 14.1. The standard InChI is InChI=1S/C36H31F3N10O3/c1-23-4-5-25(19-24(23)6-9-28-21-40-31-3-2-13-41-49(28)31)34(51)42-26-7-10-30(29(20-26)36(37,38)39)47-17-15-46(16-18-47)22-27-8-11-32(45-44-27)48-14-12-33(50)43-35(48)52/h2-5,7-8,10-11,13,19-21H,12,14-18,22H2,1H3,(H,42,51)(H,43,50,52). The Morgan fingerprint density at radius 3 is 2.54 bits per heavy atom. The number of imidazole rings is 1. The smallest absolute Gasteiger partial charge is 0.368 e. The average Bonchev–Trinajstić information content (AvgIpc) is 3.55. The lowest BCUT2D eigenvalue weighted by molar-refractivity contribution is -0.137. The Labute approximate surface area is 295 Å². The Bertz CT molecular complexity index is 2240. The van der Waals surface area contributed by atoms with Gasteiger partial charge in [0.05, 0.1) is 17.5 Å². The number of fused-ring (bicyclic) bond motifs is 1. The number of halogens is 3. The number of nitrogens with one attached hydrogen (secondary N) is 2. The first kappa shape index (κ1) is 34.1. The second-order valence-electron chi connectivity index (χ2n) is 12.3. The van der Waals surface area contributed by atoms with E-state index in [1.807, 2.05) is 6.92 Å². The molecule has 0 radical (unpaired) electrons. The molecule has 5 aromatic rings. The van der Waals surface area contributed by atoms with Gasteiger partial charge in [0.2, 0.25) is 5.91 Å². The third kappa shape index (κ3) is 7.39. The predicted octanol–water partition coefficient (Wildman–Crippen LogP) is 4.27. The molecule has 3 aromatic heterocycles. The second-order valence-corrected chi connectivity index (χ2v) is 12.3. The van der Waals surface area contributed by atoms with Crippen LogP contribution in [-0.4, -0.2) is 80.3 Å². The van der Waals surface area contributed by atoms with E-state index in [-0.39, 0.29) is 35.8 Å². The summed E-state index contributed by atoms with van der Waals surface area (Å²) in [5.74, 6) is 5.49. The number of rotatable bonds is 6. The first-order chi connectivity index (χ1) is 25.0. The number of aromatic nitrogens is 5. The highest BCUT2D eigenvalue weighted by Gasteiger charge is 2.36. The van der Waals surface area contributed by atoms with E-state index >= 15 is 0 Å². The molecular weight excluding hydrogens is 677 g/mol. The number of nitrogens with zero attached hydrogens (tertiary/aromatic N) is 8. The van der Waals surface area contributed by atoms with Crippen molar-refractivity contribution in [3.05, 3.63) is 107 Å². The van der Waals surface area contributed by atoms with Gasteiger partial charge in [0.15, 0.2) is 11.5 Å². The summed E-state index contributed by atoms with van der Waals surface area (Å²) in [5.41, 5.74) is 2.69. The summed E-state index contributed by atoms with van der Waals surface area (Å²) < 4.78 is 44.7. The van der Waals surface area contributed by atoms with Gasteiger partial charge < -0.3 is 10.2 Å². The molecule has 5 heterocycles. The quantitative estimate of drug-likeness (QED) is 0.248. The van der Waals surface area contributed by atoms with Gasteiger partial charge in [-0.25, -0.2) is 14.3 Å². The van der Waals surface area contributed by atoms with Crippen molar-refractivity contribution in [1.29, 1.82) is 0 Å². The molecule has 4 amide bonds. The molecule has 16 heteroatoms. The number of carbonyl (C=O) groups excluding carboxylic acids is 3. The zero-order chi connectivity index (χ0) is 36.4. The van der Waals surface area contributed by atoms with E-state index in [1.54, 1.807) is 64.3 Å². The number of aryl methyl sites for hydroxylation is 1. The Hall–Kier alpha value is -6.34. The molecule has 2 N–H and O–H groups in total. The topological polar surface area (TPSA) is 141 Å². The molecule has 52 heavy (non-hydrogen) atoms. The lowest BCUT2D eigenvalue weighted by atomic mass is 10.0. The minimum absolute atomic E-state index is 0.0142. The number of urea groups is 1. The van der Waals surface area contributed by atoms with Crippen molar-refractivity contribution < 1.29 is 27.6 Å². The molecule has 0 atom stereocenters. The Morgan fingerprint density at radius 1 is 0.962 bits per heavy atom. The van der Waals surface area contributed by atoms with Crippen LogP contribution in [0.3, 0.4) is 0 Å². The number of alkyl halides is 3. The molecule has 2 aliphatic rings. The monoisotopic (exact) mass is 708 g/mol. The molecule has 2 aliphatic heterocycles. The van der Waals surface area contributed by atoms with Crippen molar-refractivity contribution in [2.24, 2.45) is 0 Å². The molecule has 2 saturated heterocycles. The average molecular weight is 709 g/mol. The summed E-state index contributed by atoms with van der Waals surface area (Å²) in [6, 6.07) is 15.2. The summed E-state index contributed by atoms with van der Waals surface area (Å²) in [5, 5.41) is 17.4. The van der Waals surface area contributed by atoms with E-state index in [0.29, 0.717) is 61.1 Å². The van der Waals surface area contributed by atoms with Gasteiger partial charge in [-0.05, 0) is 73.0 Å². The zero-order valence-corrected chi connectivity index (χ0v) is 27.8. The fourth-order valence-electron chi connectivity index (χ4n) is 6.00. The third-order valence-corrected chi connectivity index (χ3v) is 8.80. The van der Waals surface area contributed by atoms with Crippen LogP contribution in [0.5, 0.6) is 0 Å². The number of hydrogen-bond donors (Lipinski definition) is 2. The predicted molar refractivity (Wildman–Crippen MR) is 185 cm³/mol. The van der Waals surface area contributed by atoms with Crippen molar-refractivity contribution >= 4 is 40.7 Å². The fraction of sp³-hybridized carbons (Fsp3) is 0.250. The number of imide groups is 1. The van der Waals surface area contributed by atoms with Crippen molar-refractivity contribution in [1.82, 2.24) is 35.0 Å². The number of benzene rings is 2. The van der Waals surface area contributed by atoms with E-state index in [2.05, 4.69) is 47.7 Å². The lowest BCUT2D eigenvalue weighted by Crippen LogP contribution is -2.50. The summed E-state index contributed by atoms with van der Waals surface area (Å²) in [7, 11) is 0. The maximum absolute atomic E-state index is 14.4. The number of amides is 4. The molecule has 0 saturated carbocycles. The highest BCUT2D eigenvalue weighted by Crippen LogP contribution is 2.39. The molecule has 13 nitrogen and oxygen atoms in total. The molecular formula is C36H31F3N10O3. The molecule has 0 spiro atoms. The number of hydrogen-bond acceptors (Lipinski definition) is 9. The van der Waals surface area contributed by atoms with Gasteiger partial charge in [-0.3, -0.25) is 24.7 Å². The van der Waals surface area contributed by atoms with Crippen LogP contribution in [-0.2, 0) is 17.5 Å². The van der Waals surface area contributed by atoms with Gasteiger partial charge in [-0.1, -0.05) is 12.0 Å². The first-order valence-corrected chi connectivity index (χ1v) is 16.4.